The topological polar surface area (TPSA) is 144 Å². The Morgan fingerprint density at radius 3 is 2.38 bits per heavy atom. The van der Waals surface area contributed by atoms with Crippen molar-refractivity contribution < 1.29 is 22.7 Å². The number of methoxy groups -OCH3 is 1. The summed E-state index contributed by atoms with van der Waals surface area (Å²) in [5, 5.41) is 7.36. The molecule has 45 heavy (non-hydrogen) atoms. The average Bonchev–Trinajstić information content (AvgIpc) is 2.97. The Balaban J connectivity index is 1.28. The number of rotatable bonds is 8. The molecule has 1 fully saturated rings. The van der Waals surface area contributed by atoms with Gasteiger partial charge in [0.25, 0.3) is 10.0 Å². The number of alkyl carbamates (subject to hydrolysis) is 1. The van der Waals surface area contributed by atoms with Crippen LogP contribution < -0.4 is 20.1 Å². The molecule has 0 aliphatic heterocycles. The molecule has 5 rings (SSSR count). The van der Waals surface area contributed by atoms with Crippen LogP contribution in [0.4, 0.5) is 16.6 Å². The number of aryl methyl sites for hydroxylation is 1. The van der Waals surface area contributed by atoms with Gasteiger partial charge in [0.05, 0.1) is 17.6 Å². The lowest BCUT2D eigenvalue weighted by molar-refractivity contribution is 0.0492. The van der Waals surface area contributed by atoms with Crippen molar-refractivity contribution in [2.75, 3.05) is 17.1 Å². The van der Waals surface area contributed by atoms with Gasteiger partial charge in [-0.15, -0.1) is 0 Å². The van der Waals surface area contributed by atoms with Gasteiger partial charge in [0.1, 0.15) is 16.3 Å². The van der Waals surface area contributed by atoms with E-state index in [9.17, 15) is 13.2 Å². The minimum absolute atomic E-state index is 0.0429. The molecule has 3 N–H and O–H groups in total. The van der Waals surface area contributed by atoms with E-state index in [1.807, 2.05) is 39.8 Å². The number of nitrogens with one attached hydrogen (secondary N) is 3. The number of aromatic nitrogens is 3. The van der Waals surface area contributed by atoms with Gasteiger partial charge < -0.3 is 20.1 Å². The van der Waals surface area contributed by atoms with Gasteiger partial charge >= 0.3 is 6.09 Å². The molecule has 1 amide bonds. The lowest BCUT2D eigenvalue weighted by atomic mass is 9.91. The van der Waals surface area contributed by atoms with E-state index in [4.69, 9.17) is 26.1 Å². The second-order valence-electron chi connectivity index (χ2n) is 12.0. The van der Waals surface area contributed by atoms with Gasteiger partial charge in [-0.3, -0.25) is 4.72 Å². The first-order valence-corrected chi connectivity index (χ1v) is 16.5. The van der Waals surface area contributed by atoms with Gasteiger partial charge in [-0.25, -0.2) is 23.2 Å². The lowest BCUT2D eigenvalue weighted by Crippen LogP contribution is -2.42. The summed E-state index contributed by atoms with van der Waals surface area (Å²) in [5.41, 5.74) is 2.74. The van der Waals surface area contributed by atoms with Crippen LogP contribution in [0.2, 0.25) is 5.02 Å². The van der Waals surface area contributed by atoms with Crippen LogP contribution in [0.1, 0.15) is 52.0 Å². The Kier molecular flexibility index (Phi) is 9.36. The zero-order valence-electron chi connectivity index (χ0n) is 25.8. The van der Waals surface area contributed by atoms with Crippen LogP contribution in [0.25, 0.3) is 22.0 Å². The molecule has 2 heterocycles. The molecular weight excluding hydrogens is 616 g/mol. The zero-order chi connectivity index (χ0) is 32.4. The highest BCUT2D eigenvalue weighted by atomic mass is 35.5. The summed E-state index contributed by atoms with van der Waals surface area (Å²) in [7, 11) is -2.47. The summed E-state index contributed by atoms with van der Waals surface area (Å²) in [6.07, 6.45) is 4.81. The van der Waals surface area contributed by atoms with Crippen LogP contribution >= 0.6 is 11.6 Å². The highest BCUT2D eigenvalue weighted by molar-refractivity contribution is 7.92. The maximum absolute atomic E-state index is 12.9. The van der Waals surface area contributed by atoms with Crippen molar-refractivity contribution in [3.8, 4) is 17.0 Å². The van der Waals surface area contributed by atoms with Gasteiger partial charge in [-0.1, -0.05) is 23.7 Å². The quantitative estimate of drug-likeness (QED) is 0.189. The molecule has 2 aromatic heterocycles. The highest BCUT2D eigenvalue weighted by Crippen LogP contribution is 2.35. The van der Waals surface area contributed by atoms with Crippen LogP contribution in [0.15, 0.2) is 59.6 Å². The van der Waals surface area contributed by atoms with Crippen molar-refractivity contribution in [1.29, 1.82) is 0 Å². The Hall–Kier alpha value is -4.16. The number of halogens is 1. The summed E-state index contributed by atoms with van der Waals surface area (Å²) >= 11 is 6.10. The SMILES string of the molecule is COc1nc(NS(=O)(=O)c2ccccc2Cl)ccc1-c1cc2cnc(N[C@H]3CC[C@H](NC(=O)OC(C)(C)C)CC3)nc2cc1C. The summed E-state index contributed by atoms with van der Waals surface area (Å²) in [4.78, 5) is 25.8. The van der Waals surface area contributed by atoms with Crippen molar-refractivity contribution >= 4 is 50.4 Å². The largest absolute Gasteiger partial charge is 0.480 e. The number of carbonyl (C=O) groups is 1. The number of nitrogens with zero attached hydrogens (tertiary/aromatic N) is 3. The van der Waals surface area contributed by atoms with E-state index in [-0.39, 0.29) is 39.8 Å². The maximum Gasteiger partial charge on any atom is 0.407 e. The minimum atomic E-state index is -3.96. The standard InChI is InChI=1S/C32H37ClN6O5S/c1-19-16-26-20(18-34-30(37-26)35-21-10-12-22(13-11-21)36-31(40)44-32(2,3)4)17-24(19)23-14-15-28(38-29(23)43-5)39-45(41,42)27-9-7-6-8-25(27)33/h6-9,14-18,21-22H,10-13H2,1-5H3,(H,36,40)(H,38,39)(H,34,35,37)/t21-,22-. The maximum atomic E-state index is 12.9. The molecule has 238 valence electrons. The number of sulfonamides is 1. The van der Waals surface area contributed by atoms with Gasteiger partial charge in [-0.05, 0) is 101 Å². The van der Waals surface area contributed by atoms with Crippen LogP contribution in [0.5, 0.6) is 5.88 Å². The van der Waals surface area contributed by atoms with Crippen LogP contribution in [0, 0.1) is 6.92 Å². The molecule has 2 aromatic carbocycles. The molecule has 0 unspecified atom stereocenters. The summed E-state index contributed by atoms with van der Waals surface area (Å²) in [6.45, 7) is 7.52. The van der Waals surface area contributed by atoms with Crippen molar-refractivity contribution in [3.63, 3.8) is 0 Å². The monoisotopic (exact) mass is 652 g/mol. The molecule has 1 saturated carbocycles. The Morgan fingerprint density at radius 1 is 0.978 bits per heavy atom. The number of hydrogen-bond donors (Lipinski definition) is 3. The van der Waals surface area contributed by atoms with E-state index in [2.05, 4.69) is 25.3 Å². The van der Waals surface area contributed by atoms with Crippen LogP contribution in [0.3, 0.4) is 0 Å². The van der Waals surface area contributed by atoms with Crippen LogP contribution in [-0.4, -0.2) is 54.3 Å². The molecule has 1 aliphatic rings. The molecule has 0 saturated heterocycles. The molecule has 0 spiro atoms. The third-order valence-electron chi connectivity index (χ3n) is 7.42. The van der Waals surface area contributed by atoms with Crippen molar-refractivity contribution in [3.05, 3.63) is 65.3 Å². The van der Waals surface area contributed by atoms with Gasteiger partial charge in [-0.2, -0.15) is 4.98 Å². The molecular formula is C32H37ClN6O5S. The first kappa shape index (κ1) is 32.2. The highest BCUT2D eigenvalue weighted by Gasteiger charge is 2.25. The number of fused-ring (bicyclic) bond motifs is 1. The Bertz CT molecular complexity index is 1820. The zero-order valence-corrected chi connectivity index (χ0v) is 27.4. The molecule has 13 heteroatoms. The fourth-order valence-corrected chi connectivity index (χ4v) is 6.82. The number of ether oxygens (including phenoxy) is 2. The smallest absolute Gasteiger partial charge is 0.407 e. The van der Waals surface area contributed by atoms with Crippen molar-refractivity contribution in [1.82, 2.24) is 20.3 Å². The first-order valence-electron chi connectivity index (χ1n) is 14.7. The van der Waals surface area contributed by atoms with Gasteiger partial charge in [0.15, 0.2) is 0 Å². The van der Waals surface area contributed by atoms with Crippen molar-refractivity contribution in [2.24, 2.45) is 0 Å². The van der Waals surface area contributed by atoms with E-state index in [0.29, 0.717) is 11.5 Å². The number of pyridine rings is 1. The lowest BCUT2D eigenvalue weighted by Gasteiger charge is -2.30. The number of hydrogen-bond acceptors (Lipinski definition) is 9. The van der Waals surface area contributed by atoms with Gasteiger partial charge in [0.2, 0.25) is 11.8 Å². The molecule has 0 atom stereocenters. The summed E-state index contributed by atoms with van der Waals surface area (Å²) in [6, 6.07) is 13.8. The second-order valence-corrected chi connectivity index (χ2v) is 14.1. The van der Waals surface area contributed by atoms with Gasteiger partial charge in [0, 0.05) is 29.2 Å². The second kappa shape index (κ2) is 13.1. The molecule has 0 radical (unpaired) electrons. The summed E-state index contributed by atoms with van der Waals surface area (Å²) in [5.74, 6) is 0.906. The number of anilines is 2. The molecule has 1 aliphatic carbocycles. The minimum Gasteiger partial charge on any atom is -0.480 e. The fraction of sp³-hybridized carbons (Fsp3) is 0.375. The predicted octanol–water partition coefficient (Wildman–Crippen LogP) is 6.71. The van der Waals surface area contributed by atoms with Crippen molar-refractivity contribution in [2.45, 2.75) is 76.0 Å². The molecule has 0 bridgehead atoms. The number of amides is 1. The first-order chi connectivity index (χ1) is 21.3. The van der Waals surface area contributed by atoms with E-state index in [1.165, 1.54) is 19.2 Å². The average molecular weight is 653 g/mol. The fourth-order valence-electron chi connectivity index (χ4n) is 5.30. The molecule has 11 nitrogen and oxygen atoms in total. The van der Waals surface area contributed by atoms with E-state index >= 15 is 0 Å². The Labute approximate surface area is 268 Å². The van der Waals surface area contributed by atoms with E-state index in [0.717, 1.165) is 47.7 Å². The third-order valence-corrected chi connectivity index (χ3v) is 9.27. The normalized spacial score (nSPS) is 17.0. The number of benzene rings is 2. The van der Waals surface area contributed by atoms with Crippen LogP contribution in [-0.2, 0) is 14.8 Å². The third kappa shape index (κ3) is 7.93. The molecule has 4 aromatic rings. The summed E-state index contributed by atoms with van der Waals surface area (Å²) < 4.78 is 39.2. The predicted molar refractivity (Wildman–Crippen MR) is 175 cm³/mol. The number of carbonyl (C=O) groups excluding carboxylic acids is 1. The Morgan fingerprint density at radius 2 is 1.69 bits per heavy atom. The van der Waals surface area contributed by atoms with E-state index < -0.39 is 15.6 Å². The van der Waals surface area contributed by atoms with E-state index in [1.54, 1.807) is 30.5 Å².